The van der Waals surface area contributed by atoms with Crippen molar-refractivity contribution in [1.82, 2.24) is 0 Å². The molecule has 0 heterocycles. The number of hydrogen-bond donors (Lipinski definition) is 0. The molecular weight excluding hydrogens is 124 g/mol. The largest absolute Gasteiger partial charge is 0.384 e. The van der Waals surface area contributed by atoms with E-state index in [0.29, 0.717) is 5.41 Å². The van der Waals surface area contributed by atoms with E-state index >= 15 is 0 Å². The van der Waals surface area contributed by atoms with Gasteiger partial charge in [-0.25, -0.2) is 0 Å². The standard InChI is InChI=1S/C9H20O/c1-5-7-9(3,6-2)8-10-4/h5-8H2,1-4H3. The molecule has 0 saturated heterocycles. The molecule has 0 aromatic heterocycles. The van der Waals surface area contributed by atoms with Gasteiger partial charge in [0.05, 0.1) is 6.61 Å². The van der Waals surface area contributed by atoms with Crippen LogP contribution in [0.15, 0.2) is 0 Å². The van der Waals surface area contributed by atoms with E-state index in [9.17, 15) is 0 Å². The summed E-state index contributed by atoms with van der Waals surface area (Å²) in [5, 5.41) is 0. The molecule has 0 aliphatic rings. The maximum atomic E-state index is 5.15. The van der Waals surface area contributed by atoms with Crippen LogP contribution in [0.2, 0.25) is 0 Å². The van der Waals surface area contributed by atoms with Crippen molar-refractivity contribution in [1.29, 1.82) is 0 Å². The van der Waals surface area contributed by atoms with Gasteiger partial charge >= 0.3 is 0 Å². The van der Waals surface area contributed by atoms with Crippen molar-refractivity contribution in [3.8, 4) is 0 Å². The average Bonchev–Trinajstić information content (AvgIpc) is 1.89. The lowest BCUT2D eigenvalue weighted by Gasteiger charge is -2.26. The molecular formula is C9H20O. The van der Waals surface area contributed by atoms with Crippen LogP contribution in [0.25, 0.3) is 0 Å². The summed E-state index contributed by atoms with van der Waals surface area (Å²) in [4.78, 5) is 0. The molecule has 0 saturated carbocycles. The molecule has 0 spiro atoms. The second-order valence-corrected chi connectivity index (χ2v) is 3.35. The highest BCUT2D eigenvalue weighted by atomic mass is 16.5. The van der Waals surface area contributed by atoms with Crippen molar-refractivity contribution in [2.24, 2.45) is 5.41 Å². The van der Waals surface area contributed by atoms with E-state index in [4.69, 9.17) is 4.74 Å². The minimum atomic E-state index is 0.420. The van der Waals surface area contributed by atoms with Crippen LogP contribution in [0.3, 0.4) is 0 Å². The average molecular weight is 144 g/mol. The Labute approximate surface area is 64.8 Å². The normalized spacial score (nSPS) is 16.8. The summed E-state index contributed by atoms with van der Waals surface area (Å²) in [7, 11) is 1.78. The first-order valence-electron chi connectivity index (χ1n) is 4.17. The number of ether oxygens (including phenoxy) is 1. The lowest BCUT2D eigenvalue weighted by molar-refractivity contribution is 0.0817. The monoisotopic (exact) mass is 144 g/mol. The Bertz CT molecular complexity index is 72.8. The van der Waals surface area contributed by atoms with Gasteiger partial charge in [-0.3, -0.25) is 0 Å². The first-order chi connectivity index (χ1) is 4.68. The molecule has 1 nitrogen and oxygen atoms in total. The lowest BCUT2D eigenvalue weighted by Crippen LogP contribution is -2.21. The van der Waals surface area contributed by atoms with Gasteiger partial charge in [0.2, 0.25) is 0 Å². The van der Waals surface area contributed by atoms with E-state index in [2.05, 4.69) is 20.8 Å². The first-order valence-corrected chi connectivity index (χ1v) is 4.17. The van der Waals surface area contributed by atoms with Gasteiger partial charge in [0.15, 0.2) is 0 Å². The van der Waals surface area contributed by atoms with Crippen LogP contribution in [-0.2, 0) is 4.74 Å². The van der Waals surface area contributed by atoms with Gasteiger partial charge in [0, 0.05) is 7.11 Å². The van der Waals surface area contributed by atoms with Crippen LogP contribution < -0.4 is 0 Å². The van der Waals surface area contributed by atoms with Crippen molar-refractivity contribution in [3.05, 3.63) is 0 Å². The van der Waals surface area contributed by atoms with Crippen LogP contribution in [-0.4, -0.2) is 13.7 Å². The summed E-state index contributed by atoms with van der Waals surface area (Å²) < 4.78 is 5.15. The van der Waals surface area contributed by atoms with Crippen molar-refractivity contribution in [2.45, 2.75) is 40.0 Å². The molecule has 0 amide bonds. The van der Waals surface area contributed by atoms with Crippen LogP contribution in [0.4, 0.5) is 0 Å². The van der Waals surface area contributed by atoms with Crippen molar-refractivity contribution in [3.63, 3.8) is 0 Å². The maximum Gasteiger partial charge on any atom is 0.0515 e. The maximum absolute atomic E-state index is 5.15. The third-order valence-corrected chi connectivity index (χ3v) is 2.20. The van der Waals surface area contributed by atoms with Crippen LogP contribution in [0.5, 0.6) is 0 Å². The molecule has 0 bridgehead atoms. The van der Waals surface area contributed by atoms with Crippen molar-refractivity contribution < 1.29 is 4.74 Å². The SMILES string of the molecule is CCCC(C)(CC)COC. The molecule has 0 aromatic carbocycles. The predicted molar refractivity (Wildman–Crippen MR) is 45.2 cm³/mol. The smallest absolute Gasteiger partial charge is 0.0515 e. The molecule has 0 aliphatic heterocycles. The van der Waals surface area contributed by atoms with E-state index in [0.717, 1.165) is 6.61 Å². The fourth-order valence-electron chi connectivity index (χ4n) is 1.30. The zero-order chi connectivity index (χ0) is 8.04. The highest BCUT2D eigenvalue weighted by molar-refractivity contribution is 4.70. The Morgan fingerprint density at radius 2 is 1.90 bits per heavy atom. The van der Waals surface area contributed by atoms with Gasteiger partial charge in [-0.15, -0.1) is 0 Å². The van der Waals surface area contributed by atoms with Crippen molar-refractivity contribution in [2.75, 3.05) is 13.7 Å². The quantitative estimate of drug-likeness (QED) is 0.576. The number of rotatable bonds is 5. The fraction of sp³-hybridized carbons (Fsp3) is 1.00. The number of hydrogen-bond acceptors (Lipinski definition) is 1. The summed E-state index contributed by atoms with van der Waals surface area (Å²) >= 11 is 0. The van der Waals surface area contributed by atoms with E-state index in [1.165, 1.54) is 19.3 Å². The zero-order valence-corrected chi connectivity index (χ0v) is 7.74. The zero-order valence-electron chi connectivity index (χ0n) is 7.74. The molecule has 0 rings (SSSR count). The van der Waals surface area contributed by atoms with E-state index in [1.54, 1.807) is 7.11 Å². The molecule has 1 heteroatoms. The Hall–Kier alpha value is -0.0400. The molecule has 62 valence electrons. The first kappa shape index (κ1) is 9.96. The van der Waals surface area contributed by atoms with E-state index in [-0.39, 0.29) is 0 Å². The Morgan fingerprint density at radius 3 is 2.20 bits per heavy atom. The third-order valence-electron chi connectivity index (χ3n) is 2.20. The molecule has 1 unspecified atom stereocenters. The summed E-state index contributed by atoms with van der Waals surface area (Å²) in [6, 6.07) is 0. The van der Waals surface area contributed by atoms with Crippen LogP contribution in [0, 0.1) is 5.41 Å². The Balaban J connectivity index is 3.69. The summed E-state index contributed by atoms with van der Waals surface area (Å²) in [5.41, 5.74) is 0.420. The minimum absolute atomic E-state index is 0.420. The topological polar surface area (TPSA) is 9.23 Å². The molecule has 0 aliphatic carbocycles. The second-order valence-electron chi connectivity index (χ2n) is 3.35. The molecule has 0 fully saturated rings. The van der Waals surface area contributed by atoms with Gasteiger partial charge in [-0.05, 0) is 18.3 Å². The van der Waals surface area contributed by atoms with Gasteiger partial charge in [0.1, 0.15) is 0 Å². The second kappa shape index (κ2) is 4.73. The molecule has 0 radical (unpaired) electrons. The third kappa shape index (κ3) is 3.21. The molecule has 0 N–H and O–H groups in total. The van der Waals surface area contributed by atoms with E-state index in [1.807, 2.05) is 0 Å². The molecule has 1 atom stereocenters. The number of methoxy groups -OCH3 is 1. The summed E-state index contributed by atoms with van der Waals surface area (Å²) in [6.45, 7) is 7.65. The van der Waals surface area contributed by atoms with Crippen LogP contribution >= 0.6 is 0 Å². The Kier molecular flexibility index (Phi) is 4.71. The Morgan fingerprint density at radius 1 is 1.30 bits per heavy atom. The van der Waals surface area contributed by atoms with Gasteiger partial charge in [-0.1, -0.05) is 27.2 Å². The van der Waals surface area contributed by atoms with Gasteiger partial charge in [0.25, 0.3) is 0 Å². The highest BCUT2D eigenvalue weighted by Gasteiger charge is 2.19. The van der Waals surface area contributed by atoms with Crippen LogP contribution in [0.1, 0.15) is 40.0 Å². The van der Waals surface area contributed by atoms with Gasteiger partial charge < -0.3 is 4.74 Å². The lowest BCUT2D eigenvalue weighted by atomic mass is 9.84. The molecule has 10 heavy (non-hydrogen) atoms. The fourth-order valence-corrected chi connectivity index (χ4v) is 1.30. The predicted octanol–water partition coefficient (Wildman–Crippen LogP) is 2.85. The summed E-state index contributed by atoms with van der Waals surface area (Å²) in [5.74, 6) is 0. The van der Waals surface area contributed by atoms with E-state index < -0.39 is 0 Å². The minimum Gasteiger partial charge on any atom is -0.384 e. The molecule has 0 aromatic rings. The summed E-state index contributed by atoms with van der Waals surface area (Å²) in [6.07, 6.45) is 3.75. The van der Waals surface area contributed by atoms with Gasteiger partial charge in [-0.2, -0.15) is 0 Å². The highest BCUT2D eigenvalue weighted by Crippen LogP contribution is 2.26. The van der Waals surface area contributed by atoms with Crippen molar-refractivity contribution >= 4 is 0 Å².